The normalized spacial score (nSPS) is 12.1. The fraction of sp³-hybridized carbons (Fsp3) is 0.462. The molecule has 0 spiro atoms. The number of anilines is 2. The topological polar surface area (TPSA) is 72.8 Å². The summed E-state index contributed by atoms with van der Waals surface area (Å²) < 4.78 is 2.14. The lowest BCUT2D eigenvalue weighted by molar-refractivity contribution is 0.717. The third-order valence-corrected chi connectivity index (χ3v) is 4.90. The van der Waals surface area contributed by atoms with Gasteiger partial charge >= 0.3 is 0 Å². The minimum Gasteiger partial charge on any atom is -0.354 e. The van der Waals surface area contributed by atoms with Crippen molar-refractivity contribution >= 4 is 55.2 Å². The molecule has 0 aliphatic rings. The molecule has 2 aromatic rings. The van der Waals surface area contributed by atoms with E-state index in [1.165, 1.54) is 0 Å². The predicted molar refractivity (Wildman–Crippen MR) is 157 cm³/mol. The number of hydrogen-bond donors (Lipinski definition) is 4. The second-order valence-electron chi connectivity index (χ2n) is 9.00. The lowest BCUT2D eigenvalue weighted by atomic mass is 10.3. The lowest BCUT2D eigenvalue weighted by Crippen LogP contribution is -2.36. The Kier molecular flexibility index (Phi) is 13.9. The average Bonchev–Trinajstić information content (AvgIpc) is 2.70. The first kappa shape index (κ1) is 30.0. The molecule has 8 heteroatoms. The smallest absolute Gasteiger partial charge is 0.196 e. The van der Waals surface area contributed by atoms with Gasteiger partial charge in [0.15, 0.2) is 11.9 Å². The third kappa shape index (κ3) is 14.3. The highest BCUT2D eigenvalue weighted by Crippen LogP contribution is 2.15. The van der Waals surface area contributed by atoms with E-state index in [1.807, 2.05) is 48.5 Å². The van der Waals surface area contributed by atoms with Gasteiger partial charge in [-0.2, -0.15) is 0 Å². The monoisotopic (exact) mass is 594 g/mol. The first-order valence-electron chi connectivity index (χ1n) is 11.7. The molecule has 0 atom stereocenters. The molecule has 4 N–H and O–H groups in total. The van der Waals surface area contributed by atoms with Gasteiger partial charge < -0.3 is 21.3 Å². The van der Waals surface area contributed by atoms with E-state index in [0.29, 0.717) is 12.1 Å². The van der Waals surface area contributed by atoms with Gasteiger partial charge in [-0.05, 0) is 104 Å². The van der Waals surface area contributed by atoms with Crippen LogP contribution in [0.4, 0.5) is 11.4 Å². The van der Waals surface area contributed by atoms with Gasteiger partial charge in [0.25, 0.3) is 0 Å². The van der Waals surface area contributed by atoms with Crippen LogP contribution in [0, 0.1) is 0 Å². The highest BCUT2D eigenvalue weighted by atomic mass is 79.9. The van der Waals surface area contributed by atoms with E-state index in [-0.39, 0.29) is 12.1 Å². The van der Waals surface area contributed by atoms with E-state index in [4.69, 9.17) is 0 Å². The molecule has 0 saturated heterocycles. The highest BCUT2D eigenvalue weighted by Gasteiger charge is 2.04. The number of aliphatic imine (C=N–C) groups is 2. The second kappa shape index (κ2) is 15.8. The fourth-order valence-corrected chi connectivity index (χ4v) is 3.14. The van der Waals surface area contributed by atoms with Gasteiger partial charge in [-0.25, -0.2) is 0 Å². The Balaban J connectivity index is 0.000000340. The van der Waals surface area contributed by atoms with E-state index in [2.05, 4.69) is 119 Å². The minimum atomic E-state index is 0.263. The molecule has 0 heterocycles. The van der Waals surface area contributed by atoms with Crippen molar-refractivity contribution in [1.29, 1.82) is 0 Å². The van der Waals surface area contributed by atoms with E-state index >= 15 is 0 Å². The number of rotatable bonds is 6. The predicted octanol–water partition coefficient (Wildman–Crippen LogP) is 7.25. The first-order chi connectivity index (χ1) is 15.9. The molecule has 0 amide bonds. The van der Waals surface area contributed by atoms with Gasteiger partial charge in [-0.15, -0.1) is 0 Å². The maximum atomic E-state index is 4.52. The molecule has 0 fully saturated rings. The molecule has 0 unspecified atom stereocenters. The average molecular weight is 596 g/mol. The van der Waals surface area contributed by atoms with Crippen molar-refractivity contribution in [3.63, 3.8) is 0 Å². The van der Waals surface area contributed by atoms with E-state index < -0.39 is 0 Å². The maximum Gasteiger partial charge on any atom is 0.196 e. The summed E-state index contributed by atoms with van der Waals surface area (Å²) in [5.74, 6) is 1.63. The summed E-state index contributed by atoms with van der Waals surface area (Å²) in [7, 11) is 0. The van der Waals surface area contributed by atoms with Crippen LogP contribution in [0.5, 0.6) is 0 Å². The number of guanidine groups is 2. The van der Waals surface area contributed by atoms with Gasteiger partial charge in [0.2, 0.25) is 0 Å². The Bertz CT molecular complexity index is 813. The number of hydrogen-bond acceptors (Lipinski definition) is 2. The SMILES string of the molecule is CC(C)N=C(Nc1ccc(Br)cc1)NC(C)C.CC(C)N=C(Nc1ccc(Br)cc1)NC(C)C. The molecule has 0 radical (unpaired) electrons. The summed E-state index contributed by atoms with van der Waals surface area (Å²) in [5.41, 5.74) is 2.06. The minimum absolute atomic E-state index is 0.263. The third-order valence-electron chi connectivity index (χ3n) is 3.84. The zero-order valence-corrected chi connectivity index (χ0v) is 24.8. The molecule has 0 saturated carbocycles. The molecule has 2 rings (SSSR count). The second-order valence-corrected chi connectivity index (χ2v) is 10.8. The summed E-state index contributed by atoms with van der Waals surface area (Å²) in [5, 5.41) is 13.2. The molecule has 0 aliphatic heterocycles. The van der Waals surface area contributed by atoms with Crippen molar-refractivity contribution in [3.05, 3.63) is 57.5 Å². The fourth-order valence-electron chi connectivity index (χ4n) is 2.61. The highest BCUT2D eigenvalue weighted by molar-refractivity contribution is 9.10. The van der Waals surface area contributed by atoms with Gasteiger partial charge in [0.05, 0.1) is 0 Å². The van der Waals surface area contributed by atoms with Crippen molar-refractivity contribution in [1.82, 2.24) is 10.6 Å². The Morgan fingerprint density at radius 3 is 1.09 bits per heavy atom. The van der Waals surface area contributed by atoms with E-state index in [0.717, 1.165) is 32.2 Å². The summed E-state index contributed by atoms with van der Waals surface area (Å²) in [4.78, 5) is 9.04. The van der Waals surface area contributed by atoms with Crippen LogP contribution in [0.25, 0.3) is 0 Å². The van der Waals surface area contributed by atoms with Gasteiger partial charge in [-0.3, -0.25) is 9.98 Å². The standard InChI is InChI=1S/2C13H20BrN3/c2*1-9(2)15-13(16-10(3)4)17-12-7-5-11(14)6-8-12/h2*5-10H,1-4H3,(H2,15,16,17). The zero-order valence-electron chi connectivity index (χ0n) is 21.6. The van der Waals surface area contributed by atoms with Crippen molar-refractivity contribution in [2.45, 2.75) is 79.6 Å². The summed E-state index contributed by atoms with van der Waals surface area (Å²) in [6.45, 7) is 16.6. The summed E-state index contributed by atoms with van der Waals surface area (Å²) in [6.07, 6.45) is 0. The number of halogens is 2. The van der Waals surface area contributed by atoms with Crippen LogP contribution in [0.1, 0.15) is 55.4 Å². The Morgan fingerprint density at radius 2 is 0.853 bits per heavy atom. The van der Waals surface area contributed by atoms with Gasteiger partial charge in [-0.1, -0.05) is 31.9 Å². The molecular formula is C26H40Br2N6. The molecule has 2 aromatic carbocycles. The lowest BCUT2D eigenvalue weighted by Gasteiger charge is -2.16. The van der Waals surface area contributed by atoms with Crippen LogP contribution >= 0.6 is 31.9 Å². The molecule has 0 bridgehead atoms. The van der Waals surface area contributed by atoms with Crippen LogP contribution < -0.4 is 21.3 Å². The summed E-state index contributed by atoms with van der Waals surface area (Å²) in [6, 6.07) is 17.3. The molecular weight excluding hydrogens is 556 g/mol. The molecule has 0 aromatic heterocycles. The zero-order chi connectivity index (χ0) is 25.7. The van der Waals surface area contributed by atoms with Crippen molar-refractivity contribution in [2.75, 3.05) is 10.6 Å². The number of nitrogens with one attached hydrogen (secondary N) is 4. The summed E-state index contributed by atoms with van der Waals surface area (Å²) >= 11 is 6.84. The Hall–Kier alpha value is -2.06. The quantitative estimate of drug-likeness (QED) is 0.210. The Morgan fingerprint density at radius 1 is 0.559 bits per heavy atom. The molecule has 188 valence electrons. The van der Waals surface area contributed by atoms with Crippen LogP contribution in [-0.4, -0.2) is 36.1 Å². The van der Waals surface area contributed by atoms with Crippen molar-refractivity contribution < 1.29 is 0 Å². The van der Waals surface area contributed by atoms with Crippen LogP contribution in [0.2, 0.25) is 0 Å². The molecule has 6 nitrogen and oxygen atoms in total. The van der Waals surface area contributed by atoms with Crippen LogP contribution in [-0.2, 0) is 0 Å². The maximum absolute atomic E-state index is 4.52. The van der Waals surface area contributed by atoms with E-state index in [1.54, 1.807) is 0 Å². The number of nitrogens with zero attached hydrogens (tertiary/aromatic N) is 2. The van der Waals surface area contributed by atoms with Crippen LogP contribution in [0.3, 0.4) is 0 Å². The van der Waals surface area contributed by atoms with Crippen LogP contribution in [0.15, 0.2) is 67.5 Å². The molecule has 0 aliphatic carbocycles. The van der Waals surface area contributed by atoms with Crippen molar-refractivity contribution in [3.8, 4) is 0 Å². The largest absolute Gasteiger partial charge is 0.354 e. The van der Waals surface area contributed by atoms with Gasteiger partial charge in [0.1, 0.15) is 0 Å². The van der Waals surface area contributed by atoms with Gasteiger partial charge in [0, 0.05) is 44.5 Å². The van der Waals surface area contributed by atoms with Crippen molar-refractivity contribution in [2.24, 2.45) is 9.98 Å². The molecule has 34 heavy (non-hydrogen) atoms. The van der Waals surface area contributed by atoms with E-state index in [9.17, 15) is 0 Å². The number of benzene rings is 2. The Labute approximate surface area is 222 Å². The first-order valence-corrected chi connectivity index (χ1v) is 13.3.